The van der Waals surface area contributed by atoms with Crippen LogP contribution in [0.4, 0.5) is 0 Å². The van der Waals surface area contributed by atoms with E-state index in [1.807, 2.05) is 0 Å². The molecule has 1 aromatic heterocycles. The summed E-state index contributed by atoms with van der Waals surface area (Å²) in [5.74, 6) is 0. The topological polar surface area (TPSA) is 37.8 Å². The van der Waals surface area contributed by atoms with Gasteiger partial charge in [0.15, 0.2) is 0 Å². The monoisotopic (exact) mass is 242 g/mol. The predicted molar refractivity (Wildman–Crippen MR) is 61.1 cm³/mol. The van der Waals surface area contributed by atoms with Crippen molar-refractivity contribution >= 4 is 23.2 Å². The number of hydrogen-bond acceptors (Lipinski definition) is 1. The molecular weight excluding hydrogens is 235 g/mol. The zero-order valence-corrected chi connectivity index (χ0v) is 9.43. The molecule has 78 valence electrons. The predicted octanol–water partition coefficient (Wildman–Crippen LogP) is 2.78. The number of H-pyrrole nitrogens is 1. The van der Waals surface area contributed by atoms with Gasteiger partial charge in [0, 0.05) is 16.9 Å². The van der Waals surface area contributed by atoms with Crippen molar-refractivity contribution in [3.8, 4) is 5.69 Å². The zero-order chi connectivity index (χ0) is 11.0. The number of benzene rings is 1. The first kappa shape index (κ1) is 10.3. The van der Waals surface area contributed by atoms with E-state index >= 15 is 0 Å². The number of nitrogens with zero attached hydrogens (tertiary/aromatic N) is 1. The minimum atomic E-state index is -0.225. The van der Waals surface area contributed by atoms with Crippen LogP contribution in [-0.2, 0) is 0 Å². The lowest BCUT2D eigenvalue weighted by molar-refractivity contribution is 0.987. The average molecular weight is 243 g/mol. The van der Waals surface area contributed by atoms with E-state index in [-0.39, 0.29) is 5.69 Å². The van der Waals surface area contributed by atoms with Crippen LogP contribution in [0, 0.1) is 6.92 Å². The third-order valence-electron chi connectivity index (χ3n) is 2.01. The number of nitrogens with one attached hydrogen (secondary N) is 1. The van der Waals surface area contributed by atoms with Gasteiger partial charge in [0.1, 0.15) is 0 Å². The Bertz CT molecular complexity index is 557. The molecule has 0 saturated heterocycles. The average Bonchev–Trinajstić information content (AvgIpc) is 2.50. The third kappa shape index (κ3) is 1.94. The summed E-state index contributed by atoms with van der Waals surface area (Å²) in [6.07, 6.45) is 1.68. The van der Waals surface area contributed by atoms with Crippen LogP contribution >= 0.6 is 23.2 Å². The quantitative estimate of drug-likeness (QED) is 0.821. The van der Waals surface area contributed by atoms with Crippen molar-refractivity contribution in [1.82, 2.24) is 9.55 Å². The number of aromatic amines is 1. The first-order chi connectivity index (χ1) is 7.08. The van der Waals surface area contributed by atoms with Gasteiger partial charge in [-0.15, -0.1) is 0 Å². The number of halogens is 2. The summed E-state index contributed by atoms with van der Waals surface area (Å²) in [6.45, 7) is 1.80. The maximum Gasteiger partial charge on any atom is 0.330 e. The summed E-state index contributed by atoms with van der Waals surface area (Å²) in [6, 6.07) is 4.99. The second kappa shape index (κ2) is 3.76. The minimum absolute atomic E-state index is 0.225. The molecule has 5 heteroatoms. The highest BCUT2D eigenvalue weighted by Crippen LogP contribution is 2.23. The second-order valence-electron chi connectivity index (χ2n) is 3.21. The summed E-state index contributed by atoms with van der Waals surface area (Å²) in [5, 5.41) is 1.03. The van der Waals surface area contributed by atoms with E-state index < -0.39 is 0 Å². The van der Waals surface area contributed by atoms with Crippen molar-refractivity contribution in [3.63, 3.8) is 0 Å². The Hall–Kier alpha value is -1.19. The minimum Gasteiger partial charge on any atom is -0.310 e. The van der Waals surface area contributed by atoms with Crippen LogP contribution in [0.3, 0.4) is 0 Å². The molecule has 0 radical (unpaired) electrons. The lowest BCUT2D eigenvalue weighted by atomic mass is 10.3. The van der Waals surface area contributed by atoms with Crippen molar-refractivity contribution in [1.29, 1.82) is 0 Å². The lowest BCUT2D eigenvalue weighted by Gasteiger charge is -2.03. The van der Waals surface area contributed by atoms with E-state index in [0.29, 0.717) is 15.7 Å². The van der Waals surface area contributed by atoms with Gasteiger partial charge in [0.25, 0.3) is 0 Å². The molecule has 1 aromatic carbocycles. The Kier molecular flexibility index (Phi) is 2.59. The molecule has 0 bridgehead atoms. The Morgan fingerprint density at radius 3 is 2.67 bits per heavy atom. The summed E-state index contributed by atoms with van der Waals surface area (Å²) >= 11 is 11.8. The van der Waals surface area contributed by atoms with Gasteiger partial charge < -0.3 is 4.98 Å². The van der Waals surface area contributed by atoms with Crippen LogP contribution < -0.4 is 5.69 Å². The van der Waals surface area contributed by atoms with Crippen molar-refractivity contribution in [2.24, 2.45) is 0 Å². The molecule has 0 aliphatic carbocycles. The van der Waals surface area contributed by atoms with Gasteiger partial charge in [-0.3, -0.25) is 4.57 Å². The van der Waals surface area contributed by atoms with Crippen LogP contribution in [0.5, 0.6) is 0 Å². The van der Waals surface area contributed by atoms with Crippen LogP contribution in [-0.4, -0.2) is 9.55 Å². The molecule has 2 rings (SSSR count). The standard InChI is InChI=1S/C10H8Cl2N2O/c1-6-5-14(10(15)13-6)9-4-7(11)2-3-8(9)12/h2-5H,1H3,(H,13,15). The molecule has 0 amide bonds. The summed E-state index contributed by atoms with van der Waals surface area (Å²) < 4.78 is 1.43. The highest BCUT2D eigenvalue weighted by molar-refractivity contribution is 6.34. The van der Waals surface area contributed by atoms with Crippen LogP contribution in [0.2, 0.25) is 10.0 Å². The number of aryl methyl sites for hydroxylation is 1. The van der Waals surface area contributed by atoms with Gasteiger partial charge in [0.2, 0.25) is 0 Å². The van der Waals surface area contributed by atoms with E-state index in [1.54, 1.807) is 31.3 Å². The number of imidazole rings is 1. The van der Waals surface area contributed by atoms with Crippen LogP contribution in [0.25, 0.3) is 5.69 Å². The van der Waals surface area contributed by atoms with Crippen molar-refractivity contribution in [3.05, 3.63) is 50.6 Å². The van der Waals surface area contributed by atoms with Crippen molar-refractivity contribution in [2.45, 2.75) is 6.92 Å². The number of hydrogen-bond donors (Lipinski definition) is 1. The molecule has 0 atom stereocenters. The third-order valence-corrected chi connectivity index (χ3v) is 2.57. The normalized spacial score (nSPS) is 10.6. The summed E-state index contributed by atoms with van der Waals surface area (Å²) in [7, 11) is 0. The fourth-order valence-corrected chi connectivity index (χ4v) is 1.74. The van der Waals surface area contributed by atoms with Gasteiger partial charge in [-0.25, -0.2) is 4.79 Å². The van der Waals surface area contributed by atoms with Crippen molar-refractivity contribution < 1.29 is 0 Å². The van der Waals surface area contributed by atoms with Gasteiger partial charge in [0.05, 0.1) is 10.7 Å². The molecule has 0 aliphatic heterocycles. The Labute approximate surface area is 96.3 Å². The van der Waals surface area contributed by atoms with E-state index in [1.165, 1.54) is 4.57 Å². The highest BCUT2D eigenvalue weighted by Gasteiger charge is 2.07. The maximum absolute atomic E-state index is 11.5. The summed E-state index contributed by atoms with van der Waals surface area (Å²) in [4.78, 5) is 14.2. The number of aromatic nitrogens is 2. The molecule has 15 heavy (non-hydrogen) atoms. The fraction of sp³-hybridized carbons (Fsp3) is 0.100. The Balaban J connectivity index is 2.68. The fourth-order valence-electron chi connectivity index (χ4n) is 1.36. The Morgan fingerprint density at radius 2 is 2.07 bits per heavy atom. The molecule has 0 saturated carbocycles. The van der Waals surface area contributed by atoms with Crippen molar-refractivity contribution in [2.75, 3.05) is 0 Å². The first-order valence-corrected chi connectivity index (χ1v) is 5.07. The molecule has 1 heterocycles. The maximum atomic E-state index is 11.5. The van der Waals surface area contributed by atoms with E-state index in [2.05, 4.69) is 4.98 Å². The molecule has 3 nitrogen and oxygen atoms in total. The molecule has 1 N–H and O–H groups in total. The van der Waals surface area contributed by atoms with Gasteiger partial charge in [-0.05, 0) is 25.1 Å². The Morgan fingerprint density at radius 1 is 1.33 bits per heavy atom. The van der Waals surface area contributed by atoms with E-state index in [0.717, 1.165) is 5.69 Å². The SMILES string of the molecule is Cc1cn(-c2cc(Cl)ccc2Cl)c(=O)[nH]1. The van der Waals surface area contributed by atoms with Gasteiger partial charge >= 0.3 is 5.69 Å². The number of rotatable bonds is 1. The van der Waals surface area contributed by atoms with Crippen LogP contribution in [0.1, 0.15) is 5.69 Å². The largest absolute Gasteiger partial charge is 0.330 e. The molecule has 0 fully saturated rings. The smallest absolute Gasteiger partial charge is 0.310 e. The van der Waals surface area contributed by atoms with Crippen LogP contribution in [0.15, 0.2) is 29.2 Å². The molecular formula is C10H8Cl2N2O. The molecule has 2 aromatic rings. The molecule has 0 spiro atoms. The lowest BCUT2D eigenvalue weighted by Crippen LogP contribution is -2.14. The highest BCUT2D eigenvalue weighted by atomic mass is 35.5. The molecule has 0 aliphatic rings. The first-order valence-electron chi connectivity index (χ1n) is 4.31. The van der Waals surface area contributed by atoms with Gasteiger partial charge in [-0.2, -0.15) is 0 Å². The molecule has 0 unspecified atom stereocenters. The zero-order valence-electron chi connectivity index (χ0n) is 7.92. The summed E-state index contributed by atoms with van der Waals surface area (Å²) in [5.41, 5.74) is 1.13. The van der Waals surface area contributed by atoms with Gasteiger partial charge in [-0.1, -0.05) is 23.2 Å². The second-order valence-corrected chi connectivity index (χ2v) is 4.05. The van der Waals surface area contributed by atoms with E-state index in [9.17, 15) is 4.79 Å². The van der Waals surface area contributed by atoms with E-state index in [4.69, 9.17) is 23.2 Å².